The molecule has 2 aliphatic carbocycles. The van der Waals surface area contributed by atoms with Gasteiger partial charge in [0.1, 0.15) is 10.6 Å². The molecule has 0 radical (unpaired) electrons. The lowest BCUT2D eigenvalue weighted by molar-refractivity contribution is -0.000919. The van der Waals surface area contributed by atoms with E-state index in [0.717, 1.165) is 80.8 Å². The molecule has 0 bridgehead atoms. The smallest absolute Gasteiger partial charge is 0.419 e. The van der Waals surface area contributed by atoms with E-state index in [1.165, 1.54) is 10.4 Å². The number of aromatic hydroxyl groups is 1. The number of aromatic nitrogens is 2. The summed E-state index contributed by atoms with van der Waals surface area (Å²) in [6, 6.07) is 2.64. The minimum Gasteiger partial charge on any atom is -0.492 e. The van der Waals surface area contributed by atoms with Crippen molar-refractivity contribution in [3.63, 3.8) is 0 Å². The van der Waals surface area contributed by atoms with E-state index < -0.39 is 5.76 Å². The van der Waals surface area contributed by atoms with Crippen molar-refractivity contribution in [3.8, 4) is 11.6 Å². The van der Waals surface area contributed by atoms with Crippen LogP contribution in [0, 0.1) is 0 Å². The molecule has 2 N–H and O–H groups in total. The van der Waals surface area contributed by atoms with Gasteiger partial charge in [-0.25, -0.2) is 9.78 Å². The summed E-state index contributed by atoms with van der Waals surface area (Å²) in [7, 11) is 0. The molecule has 0 unspecified atom stereocenters. The first-order valence-corrected chi connectivity index (χ1v) is 12.8. The Labute approximate surface area is 195 Å². The zero-order valence-corrected chi connectivity index (χ0v) is 19.4. The first kappa shape index (κ1) is 21.2. The van der Waals surface area contributed by atoms with Gasteiger partial charge in [0, 0.05) is 36.6 Å². The third-order valence-corrected chi connectivity index (χ3v) is 8.60. The van der Waals surface area contributed by atoms with Crippen LogP contribution in [0.1, 0.15) is 54.2 Å². The van der Waals surface area contributed by atoms with Crippen LogP contribution in [0.25, 0.3) is 10.2 Å². The highest BCUT2D eigenvalue weighted by Gasteiger charge is 2.33. The van der Waals surface area contributed by atoms with E-state index in [2.05, 4.69) is 14.9 Å². The maximum atomic E-state index is 11.5. The molecule has 33 heavy (non-hydrogen) atoms. The van der Waals surface area contributed by atoms with Gasteiger partial charge >= 0.3 is 5.76 Å². The molecule has 4 heterocycles. The maximum absolute atomic E-state index is 11.5. The number of nitrogens with one attached hydrogen (secondary N) is 1. The van der Waals surface area contributed by atoms with Gasteiger partial charge in [0.2, 0.25) is 5.88 Å². The molecular formula is C24H29N3O5S. The lowest BCUT2D eigenvalue weighted by atomic mass is 9.91. The molecule has 1 saturated heterocycles. The Morgan fingerprint density at radius 3 is 2.79 bits per heavy atom. The van der Waals surface area contributed by atoms with Gasteiger partial charge in [0.15, 0.2) is 5.76 Å². The summed E-state index contributed by atoms with van der Waals surface area (Å²) in [6.07, 6.45) is 8.93. The molecule has 1 atom stereocenters. The second-order valence-electron chi connectivity index (χ2n) is 9.35. The summed E-state index contributed by atoms with van der Waals surface area (Å²) in [5.74, 6) is 0.625. The topological polar surface area (TPSA) is 101 Å². The average Bonchev–Trinajstić information content (AvgIpc) is 3.49. The summed E-state index contributed by atoms with van der Waals surface area (Å²) >= 11 is 1.73. The first-order valence-electron chi connectivity index (χ1n) is 12.0. The number of hydrogen-bond donors (Lipinski definition) is 2. The minimum atomic E-state index is -0.616. The number of pyridine rings is 1. The highest BCUT2D eigenvalue weighted by Crippen LogP contribution is 2.48. The predicted molar refractivity (Wildman–Crippen MR) is 124 cm³/mol. The van der Waals surface area contributed by atoms with Crippen LogP contribution in [0.5, 0.6) is 11.6 Å². The van der Waals surface area contributed by atoms with E-state index in [9.17, 15) is 9.90 Å². The molecule has 1 saturated carbocycles. The SMILES string of the molecule is O=c1[nH]c(O)c(C[C@H]2CCc3sc4nccc(OC5CCC(N6CCOCC6)CC5)c4c32)o1. The molecule has 2 fully saturated rings. The summed E-state index contributed by atoms with van der Waals surface area (Å²) in [6.45, 7) is 3.78. The fourth-order valence-electron chi connectivity index (χ4n) is 5.80. The van der Waals surface area contributed by atoms with Crippen molar-refractivity contribution >= 4 is 21.6 Å². The zero-order valence-electron chi connectivity index (χ0n) is 18.5. The van der Waals surface area contributed by atoms with Gasteiger partial charge in [-0.2, -0.15) is 0 Å². The normalized spacial score (nSPS) is 26.0. The number of morpholine rings is 1. The molecule has 0 spiro atoms. The third-order valence-electron chi connectivity index (χ3n) is 7.43. The van der Waals surface area contributed by atoms with Crippen molar-refractivity contribution in [2.75, 3.05) is 26.3 Å². The van der Waals surface area contributed by atoms with E-state index in [1.54, 1.807) is 11.3 Å². The van der Waals surface area contributed by atoms with E-state index in [-0.39, 0.29) is 17.9 Å². The standard InChI is InChI=1S/C24H29N3O5S/c28-22-18(32-24(29)26-22)13-14-1-6-19-20(14)21-17(7-8-25-23(21)33-19)31-16-4-2-15(3-5-16)27-9-11-30-12-10-27/h7-8,14-16,28H,1-6,9-13H2,(H,26,29)/t14-,15?,16?/m1/s1. The van der Waals surface area contributed by atoms with E-state index in [4.69, 9.17) is 13.9 Å². The monoisotopic (exact) mass is 471 g/mol. The largest absolute Gasteiger partial charge is 0.492 e. The number of nitrogens with zero attached hydrogens (tertiary/aromatic N) is 2. The molecule has 0 amide bonds. The van der Waals surface area contributed by atoms with Crippen LogP contribution in [-0.2, 0) is 17.6 Å². The Balaban J connectivity index is 1.21. The molecule has 3 aromatic heterocycles. The Morgan fingerprint density at radius 1 is 1.21 bits per heavy atom. The van der Waals surface area contributed by atoms with Crippen molar-refractivity contribution in [2.24, 2.45) is 0 Å². The number of fused-ring (bicyclic) bond motifs is 3. The van der Waals surface area contributed by atoms with Gasteiger partial charge in [0.25, 0.3) is 0 Å². The number of rotatable bonds is 5. The number of aryl methyl sites for hydroxylation is 1. The van der Waals surface area contributed by atoms with Crippen molar-refractivity contribution in [2.45, 2.75) is 63.0 Å². The fourth-order valence-corrected chi connectivity index (χ4v) is 7.05. The second kappa shape index (κ2) is 8.77. The molecule has 3 aromatic rings. The Morgan fingerprint density at radius 2 is 2.03 bits per heavy atom. The van der Waals surface area contributed by atoms with Crippen LogP contribution in [-0.4, -0.2) is 58.4 Å². The van der Waals surface area contributed by atoms with Gasteiger partial charge in [-0.15, -0.1) is 11.3 Å². The second-order valence-corrected chi connectivity index (χ2v) is 10.4. The average molecular weight is 472 g/mol. The molecule has 9 heteroatoms. The zero-order chi connectivity index (χ0) is 22.4. The molecular weight excluding hydrogens is 442 g/mol. The number of hydrogen-bond acceptors (Lipinski definition) is 8. The highest BCUT2D eigenvalue weighted by atomic mass is 32.1. The van der Waals surface area contributed by atoms with Crippen molar-refractivity contribution in [3.05, 3.63) is 39.0 Å². The van der Waals surface area contributed by atoms with Crippen LogP contribution in [0.2, 0.25) is 0 Å². The molecule has 8 nitrogen and oxygen atoms in total. The van der Waals surface area contributed by atoms with Crippen LogP contribution in [0.4, 0.5) is 0 Å². The Hall–Kier alpha value is -2.36. The maximum Gasteiger partial charge on any atom is 0.419 e. The first-order chi connectivity index (χ1) is 16.2. The molecule has 6 rings (SSSR count). The lowest BCUT2D eigenvalue weighted by Gasteiger charge is -2.38. The van der Waals surface area contributed by atoms with Gasteiger partial charge in [0.05, 0.1) is 24.7 Å². The number of thiophene rings is 1. The molecule has 3 aliphatic rings. The fraction of sp³-hybridized carbons (Fsp3) is 0.583. The van der Waals surface area contributed by atoms with Crippen LogP contribution < -0.4 is 10.5 Å². The van der Waals surface area contributed by atoms with Crippen molar-refractivity contribution < 1.29 is 19.0 Å². The van der Waals surface area contributed by atoms with Gasteiger partial charge < -0.3 is 19.0 Å². The van der Waals surface area contributed by atoms with Crippen LogP contribution in [0.3, 0.4) is 0 Å². The van der Waals surface area contributed by atoms with Crippen molar-refractivity contribution in [1.29, 1.82) is 0 Å². The number of H-pyrrole nitrogens is 1. The van der Waals surface area contributed by atoms with Gasteiger partial charge in [-0.3, -0.25) is 9.88 Å². The van der Waals surface area contributed by atoms with Gasteiger partial charge in [-0.05, 0) is 56.1 Å². The van der Waals surface area contributed by atoms with Crippen LogP contribution >= 0.6 is 11.3 Å². The Bertz CT molecular complexity index is 1190. The lowest BCUT2D eigenvalue weighted by Crippen LogP contribution is -2.46. The van der Waals surface area contributed by atoms with Crippen LogP contribution in [0.15, 0.2) is 21.5 Å². The summed E-state index contributed by atoms with van der Waals surface area (Å²) in [4.78, 5) is 23.3. The van der Waals surface area contributed by atoms with E-state index in [1.807, 2.05) is 12.3 Å². The molecule has 176 valence electrons. The number of oxazole rings is 1. The predicted octanol–water partition coefficient (Wildman–Crippen LogP) is 3.58. The quantitative estimate of drug-likeness (QED) is 0.587. The molecule has 1 aliphatic heterocycles. The summed E-state index contributed by atoms with van der Waals surface area (Å²) in [5.41, 5.74) is 1.25. The number of ether oxygens (including phenoxy) is 2. The highest BCUT2D eigenvalue weighted by molar-refractivity contribution is 7.19. The third kappa shape index (κ3) is 4.06. The molecule has 0 aromatic carbocycles. The summed E-state index contributed by atoms with van der Waals surface area (Å²) in [5, 5.41) is 11.1. The minimum absolute atomic E-state index is 0.167. The van der Waals surface area contributed by atoms with E-state index >= 15 is 0 Å². The number of aromatic amines is 1. The van der Waals surface area contributed by atoms with Gasteiger partial charge in [-0.1, -0.05) is 0 Å². The summed E-state index contributed by atoms with van der Waals surface area (Å²) < 4.78 is 17.3. The Kier molecular flexibility index (Phi) is 5.63. The van der Waals surface area contributed by atoms with E-state index in [0.29, 0.717) is 18.2 Å². The van der Waals surface area contributed by atoms with Crippen molar-refractivity contribution in [1.82, 2.24) is 14.9 Å².